The molecule has 0 amide bonds. The molecule has 1 fully saturated rings. The van der Waals surface area contributed by atoms with E-state index in [4.69, 9.17) is 21.1 Å². The molecule has 15 heavy (non-hydrogen) atoms. The van der Waals surface area contributed by atoms with E-state index < -0.39 is 0 Å². The maximum atomic E-state index is 5.84. The van der Waals surface area contributed by atoms with Gasteiger partial charge >= 0.3 is 0 Å². The third kappa shape index (κ3) is 2.05. The second-order valence-electron chi connectivity index (χ2n) is 3.86. The maximum Gasteiger partial charge on any atom is 0.122 e. The van der Waals surface area contributed by atoms with E-state index in [9.17, 15) is 0 Å². The van der Waals surface area contributed by atoms with Gasteiger partial charge in [-0.1, -0.05) is 0 Å². The molecule has 2 nitrogen and oxygen atoms in total. The minimum atomic E-state index is 0.549. The van der Waals surface area contributed by atoms with Crippen LogP contribution in [0.3, 0.4) is 0 Å². The topological polar surface area (TPSA) is 18.5 Å². The van der Waals surface area contributed by atoms with Gasteiger partial charge in [0.05, 0.1) is 14.2 Å². The predicted octanol–water partition coefficient (Wildman–Crippen LogP) is 3.05. The lowest BCUT2D eigenvalue weighted by Crippen LogP contribution is -1.93. The first kappa shape index (κ1) is 10.6. The number of ether oxygens (including phenoxy) is 2. The monoisotopic (exact) mass is 226 g/mol. The molecule has 0 heterocycles. The molecule has 2 rings (SSSR count). The van der Waals surface area contributed by atoms with Gasteiger partial charge in [0.15, 0.2) is 0 Å². The lowest BCUT2D eigenvalue weighted by atomic mass is 10.1. The zero-order valence-corrected chi connectivity index (χ0v) is 9.75. The first-order valence-electron chi connectivity index (χ1n) is 5.08. The van der Waals surface area contributed by atoms with E-state index in [0.29, 0.717) is 11.8 Å². The fourth-order valence-electron chi connectivity index (χ4n) is 1.93. The lowest BCUT2D eigenvalue weighted by molar-refractivity contribution is 0.398. The average Bonchev–Trinajstić information content (AvgIpc) is 3.07. The van der Waals surface area contributed by atoms with E-state index in [-0.39, 0.29) is 0 Å². The molecule has 2 unspecified atom stereocenters. The van der Waals surface area contributed by atoms with Crippen molar-refractivity contribution in [1.29, 1.82) is 0 Å². The van der Waals surface area contributed by atoms with Crippen LogP contribution in [0.5, 0.6) is 11.5 Å². The molecule has 1 aromatic carbocycles. The highest BCUT2D eigenvalue weighted by atomic mass is 35.5. The Morgan fingerprint density at radius 2 is 2.13 bits per heavy atom. The first-order chi connectivity index (χ1) is 7.30. The average molecular weight is 227 g/mol. The third-order valence-electron chi connectivity index (χ3n) is 2.96. The van der Waals surface area contributed by atoms with E-state index in [2.05, 4.69) is 6.07 Å². The number of hydrogen-bond acceptors (Lipinski definition) is 2. The molecule has 1 aliphatic rings. The Kier molecular flexibility index (Phi) is 3.06. The zero-order valence-electron chi connectivity index (χ0n) is 9.00. The van der Waals surface area contributed by atoms with Crippen LogP contribution in [-0.2, 0) is 0 Å². The molecule has 0 radical (unpaired) electrons. The van der Waals surface area contributed by atoms with Gasteiger partial charge in [0, 0.05) is 11.4 Å². The molecule has 2 atom stereocenters. The van der Waals surface area contributed by atoms with Gasteiger partial charge in [0.2, 0.25) is 0 Å². The smallest absolute Gasteiger partial charge is 0.122 e. The van der Waals surface area contributed by atoms with Crippen LogP contribution < -0.4 is 9.47 Å². The van der Waals surface area contributed by atoms with Gasteiger partial charge in [-0.05, 0) is 36.5 Å². The molecular weight excluding hydrogens is 212 g/mol. The fourth-order valence-corrected chi connectivity index (χ4v) is 2.27. The van der Waals surface area contributed by atoms with Crippen LogP contribution in [0.25, 0.3) is 0 Å². The summed E-state index contributed by atoms with van der Waals surface area (Å²) < 4.78 is 10.6. The van der Waals surface area contributed by atoms with Crippen LogP contribution in [0, 0.1) is 5.92 Å². The summed E-state index contributed by atoms with van der Waals surface area (Å²) >= 11 is 5.84. The van der Waals surface area contributed by atoms with Crippen molar-refractivity contribution in [2.75, 3.05) is 20.1 Å². The van der Waals surface area contributed by atoms with Gasteiger partial charge in [-0.3, -0.25) is 0 Å². The van der Waals surface area contributed by atoms with Crippen LogP contribution in [-0.4, -0.2) is 20.1 Å². The van der Waals surface area contributed by atoms with Crippen molar-refractivity contribution in [2.24, 2.45) is 5.92 Å². The van der Waals surface area contributed by atoms with Crippen molar-refractivity contribution >= 4 is 11.6 Å². The highest BCUT2D eigenvalue weighted by Gasteiger charge is 2.39. The van der Waals surface area contributed by atoms with Gasteiger partial charge in [-0.15, -0.1) is 11.6 Å². The third-order valence-corrected chi connectivity index (χ3v) is 3.35. The van der Waals surface area contributed by atoms with Crippen LogP contribution in [0.15, 0.2) is 18.2 Å². The summed E-state index contributed by atoms with van der Waals surface area (Å²) in [6.45, 7) is 0. The summed E-state index contributed by atoms with van der Waals surface area (Å²) in [7, 11) is 3.38. The van der Waals surface area contributed by atoms with Gasteiger partial charge in [0.25, 0.3) is 0 Å². The normalized spacial score (nSPS) is 23.7. The number of hydrogen-bond donors (Lipinski definition) is 0. The predicted molar refractivity (Wildman–Crippen MR) is 61.1 cm³/mol. The molecular formula is C12H15ClO2. The molecule has 1 saturated carbocycles. The number of alkyl halides is 1. The molecule has 82 valence electrons. The number of methoxy groups -OCH3 is 2. The van der Waals surface area contributed by atoms with E-state index in [0.717, 1.165) is 23.8 Å². The Balaban J connectivity index is 2.27. The second kappa shape index (κ2) is 4.31. The Bertz CT molecular complexity index is 351. The van der Waals surface area contributed by atoms with Crippen molar-refractivity contribution < 1.29 is 9.47 Å². The van der Waals surface area contributed by atoms with Crippen molar-refractivity contribution in [3.05, 3.63) is 23.8 Å². The molecule has 3 heteroatoms. The van der Waals surface area contributed by atoms with E-state index in [1.807, 2.05) is 12.1 Å². The Morgan fingerprint density at radius 1 is 1.33 bits per heavy atom. The van der Waals surface area contributed by atoms with Crippen LogP contribution in [0.1, 0.15) is 17.9 Å². The highest BCUT2D eigenvalue weighted by molar-refractivity contribution is 6.18. The molecule has 1 aromatic rings. The molecule has 0 aliphatic heterocycles. The minimum absolute atomic E-state index is 0.549. The molecule has 0 bridgehead atoms. The van der Waals surface area contributed by atoms with Crippen molar-refractivity contribution in [3.63, 3.8) is 0 Å². The van der Waals surface area contributed by atoms with Crippen molar-refractivity contribution in [2.45, 2.75) is 12.3 Å². The summed E-state index contributed by atoms with van der Waals surface area (Å²) in [5.74, 6) is 3.70. The minimum Gasteiger partial charge on any atom is -0.497 e. The Morgan fingerprint density at radius 3 is 2.67 bits per heavy atom. The molecule has 0 N–H and O–H groups in total. The standard InChI is InChI=1S/C12H15ClO2/c1-14-9-3-4-12(15-2)11(6-9)10-5-8(10)7-13/h3-4,6,8,10H,5,7H2,1-2H3. The SMILES string of the molecule is COc1ccc(OC)c(C2CC2CCl)c1. The van der Waals surface area contributed by atoms with Gasteiger partial charge in [-0.25, -0.2) is 0 Å². The van der Waals surface area contributed by atoms with E-state index in [1.165, 1.54) is 5.56 Å². The summed E-state index contributed by atoms with van der Waals surface area (Å²) in [5.41, 5.74) is 1.22. The summed E-state index contributed by atoms with van der Waals surface area (Å²) in [5, 5.41) is 0. The number of rotatable bonds is 4. The van der Waals surface area contributed by atoms with E-state index >= 15 is 0 Å². The van der Waals surface area contributed by atoms with Crippen LogP contribution >= 0.6 is 11.6 Å². The number of benzene rings is 1. The highest BCUT2D eigenvalue weighted by Crippen LogP contribution is 2.51. The molecule has 0 aromatic heterocycles. The first-order valence-corrected chi connectivity index (χ1v) is 5.61. The largest absolute Gasteiger partial charge is 0.497 e. The summed E-state index contributed by atoms with van der Waals surface area (Å²) in [6, 6.07) is 5.92. The Labute approximate surface area is 95.1 Å². The quantitative estimate of drug-likeness (QED) is 0.735. The summed E-state index contributed by atoms with van der Waals surface area (Å²) in [6.07, 6.45) is 1.16. The second-order valence-corrected chi connectivity index (χ2v) is 4.17. The summed E-state index contributed by atoms with van der Waals surface area (Å²) in [4.78, 5) is 0. The molecule has 0 saturated heterocycles. The maximum absolute atomic E-state index is 5.84. The van der Waals surface area contributed by atoms with Crippen LogP contribution in [0.2, 0.25) is 0 Å². The molecule has 0 spiro atoms. The van der Waals surface area contributed by atoms with Gasteiger partial charge < -0.3 is 9.47 Å². The number of halogens is 1. The fraction of sp³-hybridized carbons (Fsp3) is 0.500. The Hall–Kier alpha value is -0.890. The van der Waals surface area contributed by atoms with Gasteiger partial charge in [0.1, 0.15) is 11.5 Å². The van der Waals surface area contributed by atoms with Crippen molar-refractivity contribution in [1.82, 2.24) is 0 Å². The van der Waals surface area contributed by atoms with Crippen LogP contribution in [0.4, 0.5) is 0 Å². The van der Waals surface area contributed by atoms with Gasteiger partial charge in [-0.2, -0.15) is 0 Å². The molecule has 1 aliphatic carbocycles. The zero-order chi connectivity index (χ0) is 10.8. The lowest BCUT2D eigenvalue weighted by Gasteiger charge is -2.09. The van der Waals surface area contributed by atoms with Crippen molar-refractivity contribution in [3.8, 4) is 11.5 Å². The van der Waals surface area contributed by atoms with E-state index in [1.54, 1.807) is 14.2 Å².